The Morgan fingerprint density at radius 2 is 2.18 bits per heavy atom. The number of ether oxygens (including phenoxy) is 1. The number of carbonyl (C=O) groups excluding carboxylic acids is 1. The van der Waals surface area contributed by atoms with Crippen LogP contribution in [0.4, 0.5) is 8.78 Å². The average molecular weight is 311 g/mol. The molecule has 0 radical (unpaired) electrons. The fraction of sp³-hybridized carbons (Fsp3) is 0.588. The van der Waals surface area contributed by atoms with Gasteiger partial charge >= 0.3 is 0 Å². The first kappa shape index (κ1) is 16.9. The Hall–Kier alpha value is -1.49. The molecule has 2 rings (SSSR count). The van der Waals surface area contributed by atoms with Crippen LogP contribution in [0.3, 0.4) is 0 Å². The largest absolute Gasteiger partial charge is 0.381 e. The van der Waals surface area contributed by atoms with Crippen LogP contribution in [0, 0.1) is 17.6 Å². The fourth-order valence-electron chi connectivity index (χ4n) is 2.76. The molecule has 0 aliphatic carbocycles. The smallest absolute Gasteiger partial charge is 0.222 e. The summed E-state index contributed by atoms with van der Waals surface area (Å²) in [7, 11) is 0. The van der Waals surface area contributed by atoms with Crippen LogP contribution in [0.2, 0.25) is 0 Å². The Balaban J connectivity index is 1.86. The molecule has 0 aromatic heterocycles. The highest BCUT2D eigenvalue weighted by Gasteiger charge is 2.18. The number of carbonyl (C=O) groups is 1. The zero-order chi connectivity index (χ0) is 15.9. The average Bonchev–Trinajstić information content (AvgIpc) is 2.54. The molecule has 22 heavy (non-hydrogen) atoms. The lowest BCUT2D eigenvalue weighted by atomic mass is 9.96. The monoisotopic (exact) mass is 311 g/mol. The molecule has 1 heterocycles. The maximum absolute atomic E-state index is 13.2. The molecule has 1 aliphatic rings. The number of amides is 1. The minimum Gasteiger partial charge on any atom is -0.381 e. The van der Waals surface area contributed by atoms with Gasteiger partial charge in [0.1, 0.15) is 0 Å². The summed E-state index contributed by atoms with van der Waals surface area (Å²) >= 11 is 0. The van der Waals surface area contributed by atoms with Crippen molar-refractivity contribution in [3.05, 3.63) is 35.4 Å². The molecule has 1 aliphatic heterocycles. The van der Waals surface area contributed by atoms with Crippen molar-refractivity contribution in [1.29, 1.82) is 0 Å². The number of hydrogen-bond acceptors (Lipinski definition) is 2. The lowest BCUT2D eigenvalue weighted by molar-refractivity contribution is -0.132. The van der Waals surface area contributed by atoms with Gasteiger partial charge in [-0.25, -0.2) is 8.78 Å². The molecule has 1 fully saturated rings. The van der Waals surface area contributed by atoms with Crippen LogP contribution in [-0.4, -0.2) is 30.6 Å². The van der Waals surface area contributed by atoms with Gasteiger partial charge in [-0.1, -0.05) is 6.07 Å². The van der Waals surface area contributed by atoms with Crippen LogP contribution in [0.1, 0.15) is 38.2 Å². The third-order valence-corrected chi connectivity index (χ3v) is 4.11. The highest BCUT2D eigenvalue weighted by Crippen LogP contribution is 2.20. The predicted octanol–water partition coefficient (Wildman–Crippen LogP) is 3.52. The standard InChI is InChI=1S/C17H23F2NO2/c1-2-20(11-14-5-7-15(18)16(19)10-14)17(21)8-6-13-4-3-9-22-12-13/h5,7,10,13H,2-4,6,8-9,11-12H2,1H3/t13-/m0/s1. The first-order valence-corrected chi connectivity index (χ1v) is 7.89. The Bertz CT molecular complexity index is 501. The van der Waals surface area contributed by atoms with Crippen molar-refractivity contribution in [2.45, 2.75) is 39.2 Å². The molecule has 0 saturated carbocycles. The van der Waals surface area contributed by atoms with Gasteiger partial charge in [-0.2, -0.15) is 0 Å². The maximum atomic E-state index is 13.2. The van der Waals surface area contributed by atoms with Gasteiger partial charge < -0.3 is 9.64 Å². The SMILES string of the molecule is CCN(Cc1ccc(F)c(F)c1)C(=O)CC[C@@H]1CCCOC1. The molecule has 1 amide bonds. The molecule has 1 aromatic rings. The van der Waals surface area contributed by atoms with E-state index in [-0.39, 0.29) is 5.91 Å². The molecule has 0 spiro atoms. The van der Waals surface area contributed by atoms with Crippen molar-refractivity contribution < 1.29 is 18.3 Å². The minimum absolute atomic E-state index is 0.0535. The van der Waals surface area contributed by atoms with E-state index in [9.17, 15) is 13.6 Å². The van der Waals surface area contributed by atoms with E-state index in [1.54, 1.807) is 4.90 Å². The van der Waals surface area contributed by atoms with E-state index >= 15 is 0 Å². The maximum Gasteiger partial charge on any atom is 0.222 e. The molecule has 1 saturated heterocycles. The van der Waals surface area contributed by atoms with Crippen molar-refractivity contribution in [2.75, 3.05) is 19.8 Å². The van der Waals surface area contributed by atoms with Gasteiger partial charge in [-0.3, -0.25) is 4.79 Å². The summed E-state index contributed by atoms with van der Waals surface area (Å²) in [6, 6.07) is 3.77. The Morgan fingerprint density at radius 3 is 2.82 bits per heavy atom. The molecule has 1 atom stereocenters. The van der Waals surface area contributed by atoms with E-state index in [1.807, 2.05) is 6.92 Å². The van der Waals surface area contributed by atoms with E-state index < -0.39 is 11.6 Å². The summed E-state index contributed by atoms with van der Waals surface area (Å²) < 4.78 is 31.6. The molecule has 1 aromatic carbocycles. The van der Waals surface area contributed by atoms with Crippen LogP contribution >= 0.6 is 0 Å². The van der Waals surface area contributed by atoms with Gasteiger partial charge in [-0.05, 0) is 49.8 Å². The van der Waals surface area contributed by atoms with Crippen LogP contribution < -0.4 is 0 Å². The van der Waals surface area contributed by atoms with Crippen LogP contribution in [-0.2, 0) is 16.1 Å². The van der Waals surface area contributed by atoms with Gasteiger partial charge in [-0.15, -0.1) is 0 Å². The Kier molecular flexibility index (Phi) is 6.31. The highest BCUT2D eigenvalue weighted by atomic mass is 19.2. The molecule has 0 unspecified atom stereocenters. The van der Waals surface area contributed by atoms with Crippen molar-refractivity contribution in [3.8, 4) is 0 Å². The summed E-state index contributed by atoms with van der Waals surface area (Å²) in [5, 5.41) is 0. The number of benzene rings is 1. The normalized spacial score (nSPS) is 18.2. The third kappa shape index (κ3) is 4.77. The molecule has 3 nitrogen and oxygen atoms in total. The number of hydrogen-bond donors (Lipinski definition) is 0. The summed E-state index contributed by atoms with van der Waals surface area (Å²) in [5.41, 5.74) is 0.607. The summed E-state index contributed by atoms with van der Waals surface area (Å²) in [6.45, 7) is 4.32. The van der Waals surface area contributed by atoms with E-state index in [1.165, 1.54) is 6.07 Å². The summed E-state index contributed by atoms with van der Waals surface area (Å²) in [4.78, 5) is 14.0. The van der Waals surface area contributed by atoms with E-state index in [4.69, 9.17) is 4.74 Å². The molecule has 5 heteroatoms. The molecular weight excluding hydrogens is 288 g/mol. The third-order valence-electron chi connectivity index (χ3n) is 4.11. The zero-order valence-electron chi connectivity index (χ0n) is 13.0. The predicted molar refractivity (Wildman–Crippen MR) is 80.2 cm³/mol. The first-order valence-electron chi connectivity index (χ1n) is 7.89. The van der Waals surface area contributed by atoms with Gasteiger partial charge in [0.15, 0.2) is 11.6 Å². The van der Waals surface area contributed by atoms with Crippen molar-refractivity contribution in [1.82, 2.24) is 4.90 Å². The zero-order valence-corrected chi connectivity index (χ0v) is 13.0. The molecule has 0 bridgehead atoms. The van der Waals surface area contributed by atoms with Crippen LogP contribution in [0.15, 0.2) is 18.2 Å². The molecule has 0 N–H and O–H groups in total. The second-order valence-corrected chi connectivity index (χ2v) is 5.78. The second kappa shape index (κ2) is 8.22. The Labute approximate surface area is 130 Å². The second-order valence-electron chi connectivity index (χ2n) is 5.78. The van der Waals surface area contributed by atoms with Gasteiger partial charge in [0.2, 0.25) is 5.91 Å². The number of rotatable bonds is 6. The Morgan fingerprint density at radius 1 is 1.36 bits per heavy atom. The quantitative estimate of drug-likeness (QED) is 0.804. The first-order chi connectivity index (χ1) is 10.6. The molecule has 122 valence electrons. The lowest BCUT2D eigenvalue weighted by Crippen LogP contribution is -2.31. The highest BCUT2D eigenvalue weighted by molar-refractivity contribution is 5.76. The fourth-order valence-corrected chi connectivity index (χ4v) is 2.76. The van der Waals surface area contributed by atoms with Gasteiger partial charge in [0.05, 0.1) is 0 Å². The van der Waals surface area contributed by atoms with E-state index in [0.29, 0.717) is 31.0 Å². The van der Waals surface area contributed by atoms with E-state index in [2.05, 4.69) is 0 Å². The van der Waals surface area contributed by atoms with Crippen LogP contribution in [0.5, 0.6) is 0 Å². The topological polar surface area (TPSA) is 29.5 Å². The van der Waals surface area contributed by atoms with Crippen LogP contribution in [0.25, 0.3) is 0 Å². The van der Waals surface area contributed by atoms with Gasteiger partial charge in [0, 0.05) is 32.7 Å². The van der Waals surface area contributed by atoms with Crippen molar-refractivity contribution >= 4 is 5.91 Å². The lowest BCUT2D eigenvalue weighted by Gasteiger charge is -2.24. The van der Waals surface area contributed by atoms with E-state index in [0.717, 1.165) is 44.6 Å². The van der Waals surface area contributed by atoms with Crippen molar-refractivity contribution in [3.63, 3.8) is 0 Å². The van der Waals surface area contributed by atoms with Crippen molar-refractivity contribution in [2.24, 2.45) is 5.92 Å². The molecular formula is C17H23F2NO2. The summed E-state index contributed by atoms with van der Waals surface area (Å²) in [5.74, 6) is -1.23. The number of halogens is 2. The minimum atomic E-state index is -0.875. The summed E-state index contributed by atoms with van der Waals surface area (Å²) in [6.07, 6.45) is 3.48. The number of nitrogens with zero attached hydrogens (tertiary/aromatic N) is 1. The van der Waals surface area contributed by atoms with Gasteiger partial charge in [0.25, 0.3) is 0 Å².